The molecule has 2 aliphatic rings. The average molecular weight is 339 g/mol. The molecule has 1 aromatic rings. The van der Waals surface area contributed by atoms with Gasteiger partial charge in [-0.05, 0) is 30.2 Å². The molecule has 0 N–H and O–H groups in total. The van der Waals surface area contributed by atoms with Gasteiger partial charge < -0.3 is 9.64 Å². The SMILES string of the molecule is CS(=O)(=O)OC1CC2CN(C(=O)OCc3ccccc3)CC2C1. The summed E-state index contributed by atoms with van der Waals surface area (Å²) in [7, 11) is -3.41. The van der Waals surface area contributed by atoms with Gasteiger partial charge in [-0.2, -0.15) is 8.42 Å². The maximum absolute atomic E-state index is 12.1. The number of likely N-dealkylation sites (tertiary alicyclic amines) is 1. The summed E-state index contributed by atoms with van der Waals surface area (Å²) in [6.45, 7) is 1.50. The Morgan fingerprint density at radius 3 is 2.35 bits per heavy atom. The third-order valence-electron chi connectivity index (χ3n) is 4.48. The molecule has 0 radical (unpaired) electrons. The standard InChI is InChI=1S/C16H21NO5S/c1-23(19,20)22-15-7-13-9-17(10-14(13)8-15)16(18)21-11-12-5-3-2-4-6-12/h2-6,13-15H,7-11H2,1H3. The van der Waals surface area contributed by atoms with Crippen molar-refractivity contribution in [2.24, 2.45) is 11.8 Å². The zero-order valence-corrected chi connectivity index (χ0v) is 13.9. The number of fused-ring (bicyclic) bond motifs is 1. The summed E-state index contributed by atoms with van der Waals surface area (Å²) >= 11 is 0. The molecule has 1 amide bonds. The molecule has 0 spiro atoms. The van der Waals surface area contributed by atoms with Gasteiger partial charge in [0, 0.05) is 13.1 Å². The van der Waals surface area contributed by atoms with E-state index in [0.717, 1.165) is 11.8 Å². The van der Waals surface area contributed by atoms with E-state index < -0.39 is 10.1 Å². The van der Waals surface area contributed by atoms with Crippen molar-refractivity contribution >= 4 is 16.2 Å². The molecule has 1 heterocycles. The summed E-state index contributed by atoms with van der Waals surface area (Å²) < 4.78 is 32.8. The van der Waals surface area contributed by atoms with Gasteiger partial charge >= 0.3 is 6.09 Å². The largest absolute Gasteiger partial charge is 0.445 e. The third-order valence-corrected chi connectivity index (χ3v) is 5.10. The van der Waals surface area contributed by atoms with Crippen LogP contribution in [0.4, 0.5) is 4.79 Å². The lowest BCUT2D eigenvalue weighted by Gasteiger charge is -2.18. The van der Waals surface area contributed by atoms with Crippen molar-refractivity contribution in [3.63, 3.8) is 0 Å². The van der Waals surface area contributed by atoms with Crippen molar-refractivity contribution in [1.82, 2.24) is 4.90 Å². The Bertz CT molecular complexity index is 646. The van der Waals surface area contributed by atoms with E-state index in [1.165, 1.54) is 0 Å². The first kappa shape index (κ1) is 16.3. The number of benzene rings is 1. The molecule has 0 bridgehead atoms. The number of ether oxygens (including phenoxy) is 1. The monoisotopic (exact) mass is 339 g/mol. The normalized spacial score (nSPS) is 27.0. The highest BCUT2D eigenvalue weighted by Gasteiger charge is 2.44. The highest BCUT2D eigenvalue weighted by atomic mass is 32.2. The van der Waals surface area contributed by atoms with E-state index in [1.54, 1.807) is 4.90 Å². The molecule has 2 atom stereocenters. The minimum atomic E-state index is -3.41. The zero-order chi connectivity index (χ0) is 16.4. The zero-order valence-electron chi connectivity index (χ0n) is 13.1. The quantitative estimate of drug-likeness (QED) is 0.785. The van der Waals surface area contributed by atoms with Crippen LogP contribution in [0, 0.1) is 11.8 Å². The number of nitrogens with zero attached hydrogens (tertiary/aromatic N) is 1. The first-order chi connectivity index (χ1) is 10.9. The van der Waals surface area contributed by atoms with Gasteiger partial charge in [-0.25, -0.2) is 4.79 Å². The number of amides is 1. The summed E-state index contributed by atoms with van der Waals surface area (Å²) in [6.07, 6.45) is 1.89. The summed E-state index contributed by atoms with van der Waals surface area (Å²) in [5.74, 6) is 0.594. The number of rotatable bonds is 4. The molecule has 23 heavy (non-hydrogen) atoms. The van der Waals surface area contributed by atoms with Gasteiger partial charge in [0.25, 0.3) is 10.1 Å². The van der Waals surface area contributed by atoms with Gasteiger partial charge in [0.15, 0.2) is 0 Å². The third kappa shape index (κ3) is 4.23. The van der Waals surface area contributed by atoms with Gasteiger partial charge in [-0.1, -0.05) is 30.3 Å². The first-order valence-electron chi connectivity index (χ1n) is 7.74. The Kier molecular flexibility index (Phi) is 4.59. The highest BCUT2D eigenvalue weighted by Crippen LogP contribution is 2.40. The van der Waals surface area contributed by atoms with Crippen LogP contribution in [0.25, 0.3) is 0 Å². The van der Waals surface area contributed by atoms with Crippen LogP contribution >= 0.6 is 0 Å². The van der Waals surface area contributed by atoms with Crippen molar-refractivity contribution in [2.75, 3.05) is 19.3 Å². The van der Waals surface area contributed by atoms with Crippen molar-refractivity contribution in [2.45, 2.75) is 25.6 Å². The van der Waals surface area contributed by atoms with E-state index in [4.69, 9.17) is 8.92 Å². The fourth-order valence-electron chi connectivity index (χ4n) is 3.53. The van der Waals surface area contributed by atoms with Crippen LogP contribution < -0.4 is 0 Å². The molecule has 1 saturated heterocycles. The van der Waals surface area contributed by atoms with Crippen LogP contribution in [0.5, 0.6) is 0 Å². The van der Waals surface area contributed by atoms with E-state index in [1.807, 2.05) is 30.3 Å². The summed E-state index contributed by atoms with van der Waals surface area (Å²) in [5, 5.41) is 0. The lowest BCUT2D eigenvalue weighted by molar-refractivity contribution is 0.0988. The van der Waals surface area contributed by atoms with E-state index in [-0.39, 0.29) is 18.8 Å². The molecule has 0 aromatic heterocycles. The summed E-state index contributed by atoms with van der Waals surface area (Å²) in [6, 6.07) is 9.57. The van der Waals surface area contributed by atoms with Crippen LogP contribution in [0.2, 0.25) is 0 Å². The molecule has 7 heteroatoms. The van der Waals surface area contributed by atoms with Crippen LogP contribution in [-0.2, 0) is 25.6 Å². The molecular weight excluding hydrogens is 318 g/mol. The van der Waals surface area contributed by atoms with Gasteiger partial charge in [0.1, 0.15) is 6.61 Å². The topological polar surface area (TPSA) is 72.9 Å². The Hall–Kier alpha value is -1.60. The van der Waals surface area contributed by atoms with Gasteiger partial charge in [-0.3, -0.25) is 4.18 Å². The lowest BCUT2D eigenvalue weighted by atomic mass is 10.0. The second kappa shape index (κ2) is 6.49. The molecule has 2 fully saturated rings. The lowest BCUT2D eigenvalue weighted by Crippen LogP contribution is -2.31. The maximum Gasteiger partial charge on any atom is 0.410 e. The first-order valence-corrected chi connectivity index (χ1v) is 9.56. The smallest absolute Gasteiger partial charge is 0.410 e. The Morgan fingerprint density at radius 1 is 1.17 bits per heavy atom. The summed E-state index contributed by atoms with van der Waals surface area (Å²) in [4.78, 5) is 13.9. The predicted octanol–water partition coefficient (Wildman–Crippen LogP) is 2.01. The van der Waals surface area contributed by atoms with E-state index in [0.29, 0.717) is 37.8 Å². The van der Waals surface area contributed by atoms with Crippen molar-refractivity contribution < 1.29 is 22.1 Å². The second-order valence-electron chi connectivity index (χ2n) is 6.36. The Balaban J connectivity index is 1.47. The van der Waals surface area contributed by atoms with E-state index >= 15 is 0 Å². The van der Waals surface area contributed by atoms with Crippen LogP contribution in [0.3, 0.4) is 0 Å². The van der Waals surface area contributed by atoms with Crippen LogP contribution in [-0.4, -0.2) is 44.9 Å². The van der Waals surface area contributed by atoms with Crippen molar-refractivity contribution in [1.29, 1.82) is 0 Å². The van der Waals surface area contributed by atoms with Crippen molar-refractivity contribution in [3.8, 4) is 0 Å². The minimum absolute atomic E-state index is 0.248. The van der Waals surface area contributed by atoms with Crippen LogP contribution in [0.15, 0.2) is 30.3 Å². The molecule has 1 aliphatic heterocycles. The van der Waals surface area contributed by atoms with Crippen molar-refractivity contribution in [3.05, 3.63) is 35.9 Å². The molecule has 3 rings (SSSR count). The van der Waals surface area contributed by atoms with E-state index in [9.17, 15) is 13.2 Å². The minimum Gasteiger partial charge on any atom is -0.445 e. The van der Waals surface area contributed by atoms with Gasteiger partial charge in [0.05, 0.1) is 12.4 Å². The van der Waals surface area contributed by atoms with Gasteiger partial charge in [-0.15, -0.1) is 0 Å². The molecule has 2 unspecified atom stereocenters. The predicted molar refractivity (Wildman–Crippen MR) is 84.1 cm³/mol. The highest BCUT2D eigenvalue weighted by molar-refractivity contribution is 7.86. The van der Waals surface area contributed by atoms with E-state index in [2.05, 4.69) is 0 Å². The molecule has 1 aromatic carbocycles. The fraction of sp³-hybridized carbons (Fsp3) is 0.562. The van der Waals surface area contributed by atoms with Gasteiger partial charge in [0.2, 0.25) is 0 Å². The molecule has 126 valence electrons. The molecule has 6 nitrogen and oxygen atoms in total. The number of carbonyl (C=O) groups is 1. The molecule has 1 aliphatic carbocycles. The van der Waals surface area contributed by atoms with Crippen LogP contribution in [0.1, 0.15) is 18.4 Å². The fourth-order valence-corrected chi connectivity index (χ4v) is 4.18. The molecule has 1 saturated carbocycles. The Labute approximate surface area is 136 Å². The maximum atomic E-state index is 12.1. The average Bonchev–Trinajstić information content (AvgIpc) is 3.02. The number of hydrogen-bond donors (Lipinski definition) is 0. The number of carbonyl (C=O) groups excluding carboxylic acids is 1. The number of hydrogen-bond acceptors (Lipinski definition) is 5. The summed E-state index contributed by atoms with van der Waals surface area (Å²) in [5.41, 5.74) is 0.960. The Morgan fingerprint density at radius 2 is 1.78 bits per heavy atom. The molecular formula is C16H21NO5S. The second-order valence-corrected chi connectivity index (χ2v) is 7.96.